The normalized spacial score (nSPS) is 17.4. The molecule has 1 aliphatic rings. The third-order valence-electron chi connectivity index (χ3n) is 7.46. The van der Waals surface area contributed by atoms with Crippen LogP contribution in [0.15, 0.2) is 61.3 Å². The topological polar surface area (TPSA) is 139 Å². The number of aromatic nitrogens is 6. The van der Waals surface area contributed by atoms with Crippen LogP contribution in [0, 0.1) is 23.8 Å². The molecule has 5 aromatic rings. The number of halogens is 2. The van der Waals surface area contributed by atoms with Crippen LogP contribution in [0.5, 0.6) is 0 Å². The summed E-state index contributed by atoms with van der Waals surface area (Å²) in [6, 6.07) is 10.9. The van der Waals surface area contributed by atoms with E-state index in [-0.39, 0.29) is 5.82 Å². The third kappa shape index (κ3) is 4.45. The van der Waals surface area contributed by atoms with Gasteiger partial charge in [-0.05, 0) is 48.7 Å². The number of nitrogens with two attached hydrogens (primary N) is 2. The second-order valence-corrected chi connectivity index (χ2v) is 10.2. The van der Waals surface area contributed by atoms with Crippen molar-refractivity contribution in [2.75, 3.05) is 23.7 Å². The van der Waals surface area contributed by atoms with Crippen molar-refractivity contribution >= 4 is 22.7 Å². The largest absolute Gasteiger partial charge is 0.618 e. The smallest absolute Gasteiger partial charge is 0.214 e. The van der Waals surface area contributed by atoms with Gasteiger partial charge in [-0.2, -0.15) is 4.73 Å². The van der Waals surface area contributed by atoms with E-state index in [1.807, 2.05) is 16.7 Å². The zero-order valence-electron chi connectivity index (χ0n) is 21.8. The van der Waals surface area contributed by atoms with Crippen LogP contribution in [0.1, 0.15) is 29.8 Å². The average Bonchev–Trinajstić information content (AvgIpc) is 3.35. The van der Waals surface area contributed by atoms with E-state index < -0.39 is 17.2 Å². The first-order valence-corrected chi connectivity index (χ1v) is 12.8. The second kappa shape index (κ2) is 9.79. The Kier molecular flexibility index (Phi) is 6.26. The molecule has 1 atom stereocenters. The van der Waals surface area contributed by atoms with E-state index in [9.17, 15) is 14.0 Å². The van der Waals surface area contributed by atoms with E-state index in [1.165, 1.54) is 12.4 Å². The molecule has 4 aromatic heterocycles. The molecule has 0 saturated carbocycles. The standard InChI is InChI=1S/C28H27F2N9O/c1-17-4-2-5-24(39(17)40)28(32)8-3-9-37(14-28)23-12-33-22(18-6-7-20(29)21(30)10-18)11-19(23)13-38-16-36-25-26(31)34-15-35-27(25)38/h2,4-7,10-12,15-16H,3,8-9,13-14,32H2,1H3,(H2,31,34,35)/t28-/m1/s1. The molecule has 0 bridgehead atoms. The van der Waals surface area contributed by atoms with Gasteiger partial charge >= 0.3 is 0 Å². The molecule has 4 N–H and O–H groups in total. The number of hydrogen-bond donors (Lipinski definition) is 2. The van der Waals surface area contributed by atoms with Gasteiger partial charge in [0.05, 0.1) is 30.5 Å². The molecule has 5 heterocycles. The summed E-state index contributed by atoms with van der Waals surface area (Å²) in [7, 11) is 0. The Morgan fingerprint density at radius 3 is 2.75 bits per heavy atom. The maximum Gasteiger partial charge on any atom is 0.214 e. The SMILES string of the molecule is Cc1cccc([C@@]2(N)CCCN(c3cnc(-c4ccc(F)c(F)c4)cc3Cn3cnc4c(N)ncnc43)C2)[n+]1[O-]. The first-order valence-electron chi connectivity index (χ1n) is 12.8. The molecular weight excluding hydrogens is 516 g/mol. The second-order valence-electron chi connectivity index (χ2n) is 10.2. The molecule has 6 rings (SSSR count). The summed E-state index contributed by atoms with van der Waals surface area (Å²) in [6.45, 7) is 3.17. The third-order valence-corrected chi connectivity index (χ3v) is 7.46. The molecule has 204 valence electrons. The summed E-state index contributed by atoms with van der Waals surface area (Å²) in [5.41, 5.74) is 16.7. The highest BCUT2D eigenvalue weighted by Crippen LogP contribution is 2.34. The number of piperidine rings is 1. The number of nitrogens with zero attached hydrogens (tertiary/aromatic N) is 7. The van der Waals surface area contributed by atoms with Crippen LogP contribution >= 0.6 is 0 Å². The number of benzene rings is 1. The van der Waals surface area contributed by atoms with E-state index >= 15 is 0 Å². The monoisotopic (exact) mass is 543 g/mol. The van der Waals surface area contributed by atoms with Crippen LogP contribution in [-0.4, -0.2) is 37.6 Å². The number of nitrogen functional groups attached to an aromatic ring is 1. The van der Waals surface area contributed by atoms with E-state index in [0.29, 0.717) is 59.9 Å². The Balaban J connectivity index is 1.43. The van der Waals surface area contributed by atoms with Gasteiger partial charge in [0.1, 0.15) is 17.4 Å². The van der Waals surface area contributed by atoms with Gasteiger partial charge in [-0.25, -0.2) is 23.7 Å². The maximum absolute atomic E-state index is 14.1. The lowest BCUT2D eigenvalue weighted by Crippen LogP contribution is -2.57. The molecule has 0 amide bonds. The molecule has 0 aliphatic carbocycles. The lowest BCUT2D eigenvalue weighted by Gasteiger charge is -2.40. The fourth-order valence-corrected chi connectivity index (χ4v) is 5.38. The zero-order chi connectivity index (χ0) is 28.0. The van der Waals surface area contributed by atoms with Gasteiger partial charge in [0.15, 0.2) is 28.8 Å². The van der Waals surface area contributed by atoms with Gasteiger partial charge in [-0.3, -0.25) is 4.98 Å². The predicted molar refractivity (Wildman–Crippen MR) is 146 cm³/mol. The van der Waals surface area contributed by atoms with Gasteiger partial charge < -0.3 is 26.1 Å². The summed E-state index contributed by atoms with van der Waals surface area (Å²) in [5, 5.41) is 12.9. The summed E-state index contributed by atoms with van der Waals surface area (Å²) in [4.78, 5) is 19.5. The van der Waals surface area contributed by atoms with Crippen molar-refractivity contribution in [1.29, 1.82) is 0 Å². The molecule has 1 aromatic carbocycles. The molecular formula is C28H27F2N9O. The van der Waals surface area contributed by atoms with Crippen molar-refractivity contribution in [3.8, 4) is 11.3 Å². The molecule has 1 fully saturated rings. The minimum Gasteiger partial charge on any atom is -0.618 e. The lowest BCUT2D eigenvalue weighted by atomic mass is 9.85. The van der Waals surface area contributed by atoms with Gasteiger partial charge in [0.25, 0.3) is 0 Å². The molecule has 10 nitrogen and oxygen atoms in total. The number of imidazole rings is 1. The molecule has 40 heavy (non-hydrogen) atoms. The van der Waals surface area contributed by atoms with Crippen molar-refractivity contribution in [3.63, 3.8) is 0 Å². The highest BCUT2D eigenvalue weighted by Gasteiger charge is 2.40. The van der Waals surface area contributed by atoms with Crippen LogP contribution in [-0.2, 0) is 12.1 Å². The Morgan fingerprint density at radius 2 is 1.93 bits per heavy atom. The van der Waals surface area contributed by atoms with E-state index in [0.717, 1.165) is 34.5 Å². The Morgan fingerprint density at radius 1 is 1.07 bits per heavy atom. The Hall–Kier alpha value is -4.71. The molecule has 0 radical (unpaired) electrons. The summed E-state index contributed by atoms with van der Waals surface area (Å²) in [6.07, 6.45) is 6.12. The number of hydrogen-bond acceptors (Lipinski definition) is 8. The minimum atomic E-state index is -0.953. The quantitative estimate of drug-likeness (QED) is 0.255. The van der Waals surface area contributed by atoms with Crippen LogP contribution in [0.2, 0.25) is 0 Å². The lowest BCUT2D eigenvalue weighted by molar-refractivity contribution is -0.625. The van der Waals surface area contributed by atoms with E-state index in [2.05, 4.69) is 24.8 Å². The highest BCUT2D eigenvalue weighted by atomic mass is 19.2. The van der Waals surface area contributed by atoms with Crippen molar-refractivity contribution in [1.82, 2.24) is 24.5 Å². The first-order chi connectivity index (χ1) is 19.2. The molecule has 0 spiro atoms. The van der Waals surface area contributed by atoms with Gasteiger partial charge in [0.2, 0.25) is 5.69 Å². The fraction of sp³-hybridized carbons (Fsp3) is 0.250. The van der Waals surface area contributed by atoms with Crippen LogP contribution in [0.25, 0.3) is 22.4 Å². The number of anilines is 2. The van der Waals surface area contributed by atoms with Crippen molar-refractivity contribution in [3.05, 3.63) is 95.1 Å². The number of rotatable bonds is 5. The molecule has 0 unspecified atom stereocenters. The van der Waals surface area contributed by atoms with E-state index in [1.54, 1.807) is 31.6 Å². The number of pyridine rings is 2. The number of fused-ring (bicyclic) bond motifs is 1. The van der Waals surface area contributed by atoms with Gasteiger partial charge in [-0.15, -0.1) is 0 Å². The summed E-state index contributed by atoms with van der Waals surface area (Å²) < 4.78 is 30.4. The molecule has 12 heteroatoms. The van der Waals surface area contributed by atoms with Crippen LogP contribution < -0.4 is 21.1 Å². The Labute approximate surface area is 228 Å². The first kappa shape index (κ1) is 25.6. The molecule has 1 saturated heterocycles. The van der Waals surface area contributed by atoms with Crippen molar-refractivity contribution < 1.29 is 13.5 Å². The Bertz CT molecular complexity index is 1740. The summed E-state index contributed by atoms with van der Waals surface area (Å²) in [5.74, 6) is -1.61. The van der Waals surface area contributed by atoms with Crippen LogP contribution in [0.4, 0.5) is 20.3 Å². The van der Waals surface area contributed by atoms with Crippen molar-refractivity contribution in [2.24, 2.45) is 5.73 Å². The average molecular weight is 544 g/mol. The van der Waals surface area contributed by atoms with Gasteiger partial charge in [0, 0.05) is 37.7 Å². The zero-order valence-corrected chi connectivity index (χ0v) is 21.8. The predicted octanol–water partition coefficient (Wildman–Crippen LogP) is 3.19. The summed E-state index contributed by atoms with van der Waals surface area (Å²) >= 11 is 0. The maximum atomic E-state index is 14.1. The highest BCUT2D eigenvalue weighted by molar-refractivity contribution is 5.81. The van der Waals surface area contributed by atoms with E-state index in [4.69, 9.17) is 11.5 Å². The molecule has 1 aliphatic heterocycles. The fourth-order valence-electron chi connectivity index (χ4n) is 5.38. The van der Waals surface area contributed by atoms with Crippen LogP contribution in [0.3, 0.4) is 0 Å². The minimum absolute atomic E-state index is 0.272. The number of aryl methyl sites for hydroxylation is 1. The van der Waals surface area contributed by atoms with Crippen molar-refractivity contribution in [2.45, 2.75) is 31.8 Å². The van der Waals surface area contributed by atoms with Gasteiger partial charge in [-0.1, -0.05) is 0 Å².